The fraction of sp³-hybridized carbons (Fsp3) is 0.235. The van der Waals surface area contributed by atoms with Crippen LogP contribution in [-0.4, -0.2) is 16.2 Å². The zero-order chi connectivity index (χ0) is 16.8. The van der Waals surface area contributed by atoms with Crippen LogP contribution in [-0.2, 0) is 7.05 Å². The molecule has 0 spiro atoms. The number of nitriles is 1. The smallest absolute Gasteiger partial charge is 0.257 e. The van der Waals surface area contributed by atoms with Crippen LogP contribution in [0.25, 0.3) is 0 Å². The molecule has 1 N–H and O–H groups in total. The Morgan fingerprint density at radius 3 is 2.78 bits per heavy atom. The Morgan fingerprint density at radius 1 is 1.35 bits per heavy atom. The Hall–Kier alpha value is -2.52. The van der Waals surface area contributed by atoms with E-state index < -0.39 is 0 Å². The average molecular weight is 327 g/mol. The highest BCUT2D eigenvalue weighted by atomic mass is 32.2. The third-order valence-electron chi connectivity index (χ3n) is 3.19. The molecule has 6 heteroatoms. The van der Waals surface area contributed by atoms with Crippen molar-refractivity contribution in [1.29, 1.82) is 5.26 Å². The van der Waals surface area contributed by atoms with Crippen molar-refractivity contribution in [3.8, 4) is 6.07 Å². The number of amides is 1. The van der Waals surface area contributed by atoms with E-state index >= 15 is 0 Å². The standard InChI is InChI=1S/C17H17N3O2S/c1-12(9-18)11-23-15-6-4-3-5-14(15)19-17(22)13-7-8-16(21)20(2)10-13/h3-8,10,12H,11H2,1-2H3,(H,19,22)/t12-/m1/s1. The number of para-hydroxylation sites is 1. The van der Waals surface area contributed by atoms with Crippen LogP contribution in [0.2, 0.25) is 0 Å². The first-order valence-corrected chi connectivity index (χ1v) is 8.09. The third-order valence-corrected chi connectivity index (χ3v) is 4.53. The van der Waals surface area contributed by atoms with Crippen LogP contribution in [0.1, 0.15) is 17.3 Å². The predicted octanol–water partition coefficient (Wildman–Crippen LogP) is 2.89. The van der Waals surface area contributed by atoms with Crippen molar-refractivity contribution in [3.63, 3.8) is 0 Å². The highest BCUT2D eigenvalue weighted by Crippen LogP contribution is 2.28. The molecule has 2 rings (SSSR count). The lowest BCUT2D eigenvalue weighted by molar-refractivity contribution is 0.102. The van der Waals surface area contributed by atoms with Gasteiger partial charge in [0.2, 0.25) is 5.56 Å². The van der Waals surface area contributed by atoms with Crippen molar-refractivity contribution in [2.24, 2.45) is 13.0 Å². The number of carbonyl (C=O) groups excluding carboxylic acids is 1. The summed E-state index contributed by atoms with van der Waals surface area (Å²) in [5.74, 6) is 0.317. The summed E-state index contributed by atoms with van der Waals surface area (Å²) in [7, 11) is 1.60. The van der Waals surface area contributed by atoms with Gasteiger partial charge in [0.25, 0.3) is 5.91 Å². The van der Waals surface area contributed by atoms with Gasteiger partial charge in [0, 0.05) is 30.0 Å². The van der Waals surface area contributed by atoms with E-state index in [1.165, 1.54) is 34.7 Å². The molecular formula is C17H17N3O2S. The number of nitrogens with zero attached hydrogens (tertiary/aromatic N) is 2. The lowest BCUT2D eigenvalue weighted by atomic mass is 10.2. The summed E-state index contributed by atoms with van der Waals surface area (Å²) < 4.78 is 1.37. The first kappa shape index (κ1) is 16.8. The molecular weight excluding hydrogens is 310 g/mol. The van der Waals surface area contributed by atoms with Crippen molar-refractivity contribution in [2.75, 3.05) is 11.1 Å². The first-order chi connectivity index (χ1) is 11.0. The second kappa shape index (κ2) is 7.65. The van der Waals surface area contributed by atoms with Crippen LogP contribution < -0.4 is 10.9 Å². The summed E-state index contributed by atoms with van der Waals surface area (Å²) in [4.78, 5) is 24.6. The largest absolute Gasteiger partial charge is 0.321 e. The SMILES string of the molecule is C[C@H](C#N)CSc1ccccc1NC(=O)c1ccc(=O)n(C)c1. The predicted molar refractivity (Wildman–Crippen MR) is 91.6 cm³/mol. The normalized spacial score (nSPS) is 11.5. The third kappa shape index (κ3) is 4.47. The molecule has 5 nitrogen and oxygen atoms in total. The molecule has 0 aliphatic heterocycles. The van der Waals surface area contributed by atoms with Crippen molar-refractivity contribution >= 4 is 23.4 Å². The molecule has 1 aromatic carbocycles. The molecule has 2 aromatic rings. The Morgan fingerprint density at radius 2 is 2.09 bits per heavy atom. The lowest BCUT2D eigenvalue weighted by Crippen LogP contribution is -2.19. The molecule has 1 amide bonds. The average Bonchev–Trinajstić information content (AvgIpc) is 2.56. The van der Waals surface area contributed by atoms with Crippen molar-refractivity contribution in [1.82, 2.24) is 4.57 Å². The lowest BCUT2D eigenvalue weighted by Gasteiger charge is -2.11. The van der Waals surface area contributed by atoms with Gasteiger partial charge in [0.05, 0.1) is 23.2 Å². The maximum atomic E-state index is 12.3. The monoisotopic (exact) mass is 327 g/mol. The second-order valence-electron chi connectivity index (χ2n) is 5.16. The molecule has 0 saturated carbocycles. The number of pyridine rings is 1. The highest BCUT2D eigenvalue weighted by Gasteiger charge is 2.11. The molecule has 0 fully saturated rings. The number of aromatic nitrogens is 1. The van der Waals surface area contributed by atoms with E-state index in [0.717, 1.165) is 4.90 Å². The van der Waals surface area contributed by atoms with E-state index in [2.05, 4.69) is 11.4 Å². The maximum absolute atomic E-state index is 12.3. The van der Waals surface area contributed by atoms with Gasteiger partial charge in [-0.15, -0.1) is 11.8 Å². The number of hydrogen-bond acceptors (Lipinski definition) is 4. The summed E-state index contributed by atoms with van der Waals surface area (Å²) in [5, 5.41) is 11.7. The molecule has 0 radical (unpaired) electrons. The van der Waals surface area contributed by atoms with E-state index in [4.69, 9.17) is 5.26 Å². The fourth-order valence-electron chi connectivity index (χ4n) is 1.87. The quantitative estimate of drug-likeness (QED) is 0.857. The molecule has 1 atom stereocenters. The molecule has 0 aliphatic carbocycles. The summed E-state index contributed by atoms with van der Waals surface area (Å²) in [6, 6.07) is 12.5. The van der Waals surface area contributed by atoms with Gasteiger partial charge in [-0.3, -0.25) is 9.59 Å². The number of benzene rings is 1. The number of rotatable bonds is 5. The second-order valence-corrected chi connectivity index (χ2v) is 6.22. The molecule has 0 bridgehead atoms. The van der Waals surface area contributed by atoms with Crippen LogP contribution in [0.4, 0.5) is 5.69 Å². The van der Waals surface area contributed by atoms with E-state index in [9.17, 15) is 9.59 Å². The molecule has 0 saturated heterocycles. The van der Waals surface area contributed by atoms with Crippen LogP contribution in [0.15, 0.2) is 52.3 Å². The molecule has 23 heavy (non-hydrogen) atoms. The van der Waals surface area contributed by atoms with Crippen molar-refractivity contribution < 1.29 is 4.79 Å². The summed E-state index contributed by atoms with van der Waals surface area (Å²) >= 11 is 1.53. The number of thioether (sulfide) groups is 1. The molecule has 1 aromatic heterocycles. The number of carbonyl (C=O) groups is 1. The minimum atomic E-state index is -0.276. The Balaban J connectivity index is 2.16. The van der Waals surface area contributed by atoms with Gasteiger partial charge in [-0.1, -0.05) is 12.1 Å². The van der Waals surface area contributed by atoms with Gasteiger partial charge in [-0.2, -0.15) is 5.26 Å². The zero-order valence-corrected chi connectivity index (χ0v) is 13.8. The Labute approximate surface area is 138 Å². The van der Waals surface area contributed by atoms with Gasteiger partial charge >= 0.3 is 0 Å². The Bertz CT molecular complexity index is 808. The van der Waals surface area contributed by atoms with Crippen LogP contribution >= 0.6 is 11.8 Å². The molecule has 1 heterocycles. The number of hydrogen-bond donors (Lipinski definition) is 1. The van der Waals surface area contributed by atoms with Gasteiger partial charge < -0.3 is 9.88 Å². The van der Waals surface area contributed by atoms with Crippen LogP contribution in [0, 0.1) is 17.2 Å². The van der Waals surface area contributed by atoms with Gasteiger partial charge in [0.1, 0.15) is 0 Å². The van der Waals surface area contributed by atoms with Gasteiger partial charge in [-0.25, -0.2) is 0 Å². The summed E-state index contributed by atoms with van der Waals surface area (Å²) in [5.41, 5.74) is 0.946. The highest BCUT2D eigenvalue weighted by molar-refractivity contribution is 7.99. The fourth-order valence-corrected chi connectivity index (χ4v) is 2.82. The minimum absolute atomic E-state index is 0.0626. The number of nitrogens with one attached hydrogen (secondary N) is 1. The van der Waals surface area contributed by atoms with Crippen LogP contribution in [0.5, 0.6) is 0 Å². The van der Waals surface area contributed by atoms with E-state index in [-0.39, 0.29) is 17.4 Å². The van der Waals surface area contributed by atoms with Crippen molar-refractivity contribution in [2.45, 2.75) is 11.8 Å². The number of aryl methyl sites for hydroxylation is 1. The molecule has 118 valence electrons. The summed E-state index contributed by atoms with van der Waals surface area (Å²) in [6.45, 7) is 1.86. The topological polar surface area (TPSA) is 74.9 Å². The minimum Gasteiger partial charge on any atom is -0.321 e. The van der Waals surface area contributed by atoms with E-state index in [1.807, 2.05) is 31.2 Å². The van der Waals surface area contributed by atoms with E-state index in [1.54, 1.807) is 7.05 Å². The first-order valence-electron chi connectivity index (χ1n) is 7.10. The number of anilines is 1. The van der Waals surface area contributed by atoms with Crippen molar-refractivity contribution in [3.05, 3.63) is 58.5 Å². The summed E-state index contributed by atoms with van der Waals surface area (Å²) in [6.07, 6.45) is 1.51. The molecule has 0 aliphatic rings. The van der Waals surface area contributed by atoms with Gasteiger partial charge in [-0.05, 0) is 25.1 Å². The van der Waals surface area contributed by atoms with Crippen LogP contribution in [0.3, 0.4) is 0 Å². The van der Waals surface area contributed by atoms with E-state index in [0.29, 0.717) is 17.0 Å². The maximum Gasteiger partial charge on any atom is 0.257 e. The van der Waals surface area contributed by atoms with Gasteiger partial charge in [0.15, 0.2) is 0 Å². The molecule has 0 unspecified atom stereocenters. The zero-order valence-electron chi connectivity index (χ0n) is 12.9. The Kier molecular flexibility index (Phi) is 5.61.